The molecule has 4 rings (SSSR count). The summed E-state index contributed by atoms with van der Waals surface area (Å²) in [4.78, 5) is 46.0. The van der Waals surface area contributed by atoms with Crippen LogP contribution in [0.5, 0.6) is 23.0 Å². The number of carboxylic acid groups (broad SMARTS) is 4. The molecule has 0 bridgehead atoms. The first-order valence-corrected chi connectivity index (χ1v) is 18.6. The summed E-state index contributed by atoms with van der Waals surface area (Å²) in [6.45, 7) is 0. The van der Waals surface area contributed by atoms with E-state index in [4.69, 9.17) is 56.6 Å². The molecule has 0 amide bonds. The zero-order valence-electron chi connectivity index (χ0n) is 29.6. The third kappa shape index (κ3) is 14.3. The summed E-state index contributed by atoms with van der Waals surface area (Å²) in [5, 5.41) is 76.3. The van der Waals surface area contributed by atoms with Crippen molar-refractivity contribution in [1.82, 2.24) is 0 Å². The van der Waals surface area contributed by atoms with Gasteiger partial charge in [-0.3, -0.25) is 19.2 Å². The van der Waals surface area contributed by atoms with Crippen molar-refractivity contribution < 1.29 is 60.0 Å². The van der Waals surface area contributed by atoms with Crippen molar-refractivity contribution in [3.05, 3.63) is 115 Å². The van der Waals surface area contributed by atoms with E-state index in [0.717, 1.165) is 0 Å². The van der Waals surface area contributed by atoms with Gasteiger partial charge in [0.25, 0.3) is 0 Å². The minimum absolute atomic E-state index is 0.0824. The molecule has 4 atom stereocenters. The van der Waals surface area contributed by atoms with Crippen LogP contribution in [-0.2, 0) is 44.9 Å². The summed E-state index contributed by atoms with van der Waals surface area (Å²) in [7, 11) is 0. The van der Waals surface area contributed by atoms with Crippen molar-refractivity contribution in [2.45, 2.75) is 51.4 Å². The van der Waals surface area contributed by atoms with Gasteiger partial charge in [-0.05, 0) is 121 Å². The molecule has 0 heterocycles. The lowest BCUT2D eigenvalue weighted by molar-refractivity contribution is -0.145. The highest BCUT2D eigenvalue weighted by atomic mass is 35.5. The van der Waals surface area contributed by atoms with E-state index in [1.807, 2.05) is 0 Å². The van der Waals surface area contributed by atoms with Crippen LogP contribution in [0.25, 0.3) is 0 Å². The Morgan fingerprint density at radius 3 is 0.893 bits per heavy atom. The minimum atomic E-state index is -1.05. The van der Waals surface area contributed by atoms with Gasteiger partial charge < -0.3 is 40.9 Å². The monoisotopic (exact) mass is 852 g/mol. The second kappa shape index (κ2) is 21.4. The fourth-order valence-corrected chi connectivity index (χ4v) is 7.06. The van der Waals surface area contributed by atoms with E-state index in [1.54, 1.807) is 36.4 Å². The predicted molar refractivity (Wildman–Crippen MR) is 210 cm³/mol. The van der Waals surface area contributed by atoms with Gasteiger partial charge in [0.15, 0.2) is 0 Å². The quantitative estimate of drug-likeness (QED) is 0.0470. The van der Waals surface area contributed by atoms with Crippen molar-refractivity contribution in [2.75, 3.05) is 0 Å². The van der Waals surface area contributed by atoms with Crippen LogP contribution < -0.4 is 0 Å². The first-order valence-electron chi connectivity index (χ1n) is 17.1. The van der Waals surface area contributed by atoms with Gasteiger partial charge in [-0.25, -0.2) is 0 Å². The molecule has 16 heteroatoms. The predicted octanol–water partition coefficient (Wildman–Crippen LogP) is 8.74. The second-order valence-electron chi connectivity index (χ2n) is 13.2. The zero-order chi connectivity index (χ0) is 41.7. The number of benzene rings is 4. The molecular weight excluding hydrogens is 814 g/mol. The van der Waals surface area contributed by atoms with Crippen LogP contribution in [0.4, 0.5) is 0 Å². The van der Waals surface area contributed by atoms with Gasteiger partial charge in [0, 0.05) is 12.8 Å². The standard InChI is InChI=1S/2C20H20Cl2O6/c2*21-15-9-11(1-4-17(15)23)7-13(3-6-19(25)26)14(20(27)28)8-12-2-5-18(24)16(22)10-12/h2*1-2,4-5,9-10,13-14,23-24H,3,6-8H2,(H,25,26)(H,27,28)/t2*13-,14-/m10/s1. The maximum atomic E-state index is 12.0. The number of hydrogen-bond donors (Lipinski definition) is 8. The minimum Gasteiger partial charge on any atom is -0.506 e. The Bertz CT molecular complexity index is 1880. The number of aromatic hydroxyl groups is 4. The van der Waals surface area contributed by atoms with Crippen LogP contribution in [0.3, 0.4) is 0 Å². The molecule has 0 unspecified atom stereocenters. The van der Waals surface area contributed by atoms with Crippen LogP contribution in [0, 0.1) is 23.7 Å². The molecule has 0 aliphatic heterocycles. The topological polar surface area (TPSA) is 230 Å². The van der Waals surface area contributed by atoms with E-state index in [2.05, 4.69) is 0 Å². The molecule has 0 aliphatic carbocycles. The first kappa shape index (κ1) is 45.5. The molecule has 300 valence electrons. The van der Waals surface area contributed by atoms with Crippen molar-refractivity contribution in [3.8, 4) is 23.0 Å². The fourth-order valence-electron chi connectivity index (χ4n) is 6.24. The van der Waals surface area contributed by atoms with Gasteiger partial charge >= 0.3 is 23.9 Å². The summed E-state index contributed by atoms with van der Waals surface area (Å²) in [6.07, 6.45) is 0.823. The summed E-state index contributed by atoms with van der Waals surface area (Å²) >= 11 is 23.7. The largest absolute Gasteiger partial charge is 0.506 e. The van der Waals surface area contributed by atoms with Crippen LogP contribution in [0.2, 0.25) is 20.1 Å². The van der Waals surface area contributed by atoms with Crippen LogP contribution >= 0.6 is 46.4 Å². The van der Waals surface area contributed by atoms with Gasteiger partial charge in [-0.2, -0.15) is 0 Å². The SMILES string of the molecule is O=C(O)CC[C@@H](Cc1ccc(O)c(Cl)c1)[C@H](Cc1ccc(O)c(Cl)c1)C(=O)O.O=C(O)CC[C@H](Cc1ccc(O)c(Cl)c1)[C@@H](Cc1ccc(O)c(Cl)c1)C(=O)O. The smallest absolute Gasteiger partial charge is 0.307 e. The van der Waals surface area contributed by atoms with E-state index < -0.39 is 47.5 Å². The van der Waals surface area contributed by atoms with Gasteiger partial charge in [-0.1, -0.05) is 70.7 Å². The second-order valence-corrected chi connectivity index (χ2v) is 14.9. The summed E-state index contributed by atoms with van der Waals surface area (Å²) in [6, 6.07) is 18.1. The summed E-state index contributed by atoms with van der Waals surface area (Å²) in [5.74, 6) is -7.19. The van der Waals surface area contributed by atoms with Gasteiger partial charge in [-0.15, -0.1) is 0 Å². The van der Waals surface area contributed by atoms with Crippen molar-refractivity contribution in [1.29, 1.82) is 0 Å². The van der Waals surface area contributed by atoms with Gasteiger partial charge in [0.2, 0.25) is 0 Å². The van der Waals surface area contributed by atoms with E-state index in [9.17, 15) is 49.8 Å². The molecule has 0 saturated carbocycles. The highest BCUT2D eigenvalue weighted by molar-refractivity contribution is 6.33. The molecule has 4 aromatic carbocycles. The zero-order valence-corrected chi connectivity index (χ0v) is 32.6. The molecule has 0 aromatic heterocycles. The van der Waals surface area contributed by atoms with E-state index in [1.165, 1.54) is 36.4 Å². The van der Waals surface area contributed by atoms with Crippen molar-refractivity contribution in [3.63, 3.8) is 0 Å². The van der Waals surface area contributed by atoms with Gasteiger partial charge in [0.1, 0.15) is 23.0 Å². The molecule has 12 nitrogen and oxygen atoms in total. The van der Waals surface area contributed by atoms with E-state index in [0.29, 0.717) is 22.3 Å². The lowest BCUT2D eigenvalue weighted by Crippen LogP contribution is -2.28. The Labute approximate surface area is 342 Å². The number of aliphatic carboxylic acids is 4. The lowest BCUT2D eigenvalue weighted by Gasteiger charge is -2.24. The fraction of sp³-hybridized carbons (Fsp3) is 0.300. The Morgan fingerprint density at radius 1 is 0.429 bits per heavy atom. The van der Waals surface area contributed by atoms with Crippen LogP contribution in [0.15, 0.2) is 72.8 Å². The summed E-state index contributed by atoms with van der Waals surface area (Å²) in [5.41, 5.74) is 2.65. The highest BCUT2D eigenvalue weighted by Gasteiger charge is 2.31. The molecule has 0 aliphatic rings. The molecule has 0 saturated heterocycles. The average molecular weight is 855 g/mol. The molecule has 56 heavy (non-hydrogen) atoms. The Balaban J connectivity index is 0.000000300. The van der Waals surface area contributed by atoms with Crippen LogP contribution in [0.1, 0.15) is 47.9 Å². The number of hydrogen-bond acceptors (Lipinski definition) is 8. The van der Waals surface area contributed by atoms with Crippen molar-refractivity contribution >= 4 is 70.3 Å². The number of phenols is 4. The molecule has 0 radical (unpaired) electrons. The lowest BCUT2D eigenvalue weighted by atomic mass is 9.80. The van der Waals surface area contributed by atoms with Crippen LogP contribution in [-0.4, -0.2) is 64.7 Å². The maximum Gasteiger partial charge on any atom is 0.307 e. The number of carboxylic acids is 4. The first-order chi connectivity index (χ1) is 26.3. The Kier molecular flexibility index (Phi) is 17.4. The molecular formula is C40H40Cl4O12. The molecule has 8 N–H and O–H groups in total. The molecule has 0 spiro atoms. The maximum absolute atomic E-state index is 12.0. The Morgan fingerprint density at radius 2 is 0.679 bits per heavy atom. The van der Waals surface area contributed by atoms with E-state index >= 15 is 0 Å². The number of rotatable bonds is 18. The third-order valence-electron chi connectivity index (χ3n) is 9.19. The number of carbonyl (C=O) groups is 4. The number of halogens is 4. The summed E-state index contributed by atoms with van der Waals surface area (Å²) < 4.78 is 0. The molecule has 4 aromatic rings. The average Bonchev–Trinajstić information content (AvgIpc) is 3.12. The van der Waals surface area contributed by atoms with Gasteiger partial charge in [0.05, 0.1) is 31.9 Å². The number of phenolic OH excluding ortho intramolecular Hbond substituents is 4. The van der Waals surface area contributed by atoms with Crippen molar-refractivity contribution in [2.24, 2.45) is 23.7 Å². The highest BCUT2D eigenvalue weighted by Crippen LogP contribution is 2.34. The molecule has 0 fully saturated rings. The third-order valence-corrected chi connectivity index (χ3v) is 10.4. The normalized spacial score (nSPS) is 13.1. The van der Waals surface area contributed by atoms with E-state index in [-0.39, 0.29) is 94.5 Å². The Hall–Kier alpha value is -4.88.